The van der Waals surface area contributed by atoms with Gasteiger partial charge >= 0.3 is 0 Å². The molecule has 0 bridgehead atoms. The van der Waals surface area contributed by atoms with E-state index in [0.29, 0.717) is 0 Å². The van der Waals surface area contributed by atoms with Gasteiger partial charge in [-0.3, -0.25) is 0 Å². The molecule has 1 atom stereocenters. The van der Waals surface area contributed by atoms with Crippen LogP contribution in [0.3, 0.4) is 0 Å². The van der Waals surface area contributed by atoms with Gasteiger partial charge in [-0.15, -0.1) is 0 Å². The monoisotopic (exact) mass is 269 g/mol. The average Bonchev–Trinajstić information content (AvgIpc) is 2.13. The number of alkyl halides is 2. The zero-order valence-corrected chi connectivity index (χ0v) is 8.43. The molecule has 1 aromatic carbocycles. The Hall–Kier alpha value is -0.750. The number of nitrogens with two attached hydrogens (primary N) is 1. The van der Waals surface area contributed by atoms with Crippen LogP contribution in [0.4, 0.5) is 13.2 Å². The Morgan fingerprint density at radius 2 is 1.93 bits per heavy atom. The van der Waals surface area contributed by atoms with Crippen molar-refractivity contribution >= 4 is 15.9 Å². The molecule has 0 aliphatic rings. The Morgan fingerprint density at radius 3 is 2.43 bits per heavy atom. The molecule has 3 N–H and O–H groups in total. The molecule has 0 aromatic heterocycles. The number of halogens is 4. The predicted molar refractivity (Wildman–Crippen MR) is 48.7 cm³/mol. The third-order valence-electron chi connectivity index (χ3n) is 1.73. The number of hydrogen-bond acceptors (Lipinski definition) is 2. The highest BCUT2D eigenvalue weighted by Gasteiger charge is 2.23. The number of aromatic hydroxyl groups is 1. The van der Waals surface area contributed by atoms with Gasteiger partial charge in [0.25, 0.3) is 6.43 Å². The van der Waals surface area contributed by atoms with Crippen LogP contribution in [0.5, 0.6) is 5.75 Å². The lowest BCUT2D eigenvalue weighted by atomic mass is 10.1. The molecule has 0 unspecified atom stereocenters. The topological polar surface area (TPSA) is 46.2 Å². The Balaban J connectivity index is 3.17. The smallest absolute Gasteiger partial charge is 0.257 e. The summed E-state index contributed by atoms with van der Waals surface area (Å²) in [5.41, 5.74) is 4.76. The van der Waals surface area contributed by atoms with Crippen molar-refractivity contribution in [2.45, 2.75) is 12.5 Å². The Kier molecular flexibility index (Phi) is 3.38. The van der Waals surface area contributed by atoms with Crippen molar-refractivity contribution in [3.05, 3.63) is 28.0 Å². The van der Waals surface area contributed by atoms with Crippen LogP contribution < -0.4 is 5.73 Å². The minimum atomic E-state index is -2.85. The molecule has 0 fully saturated rings. The molecule has 2 nitrogen and oxygen atoms in total. The van der Waals surface area contributed by atoms with Crippen LogP contribution in [0.2, 0.25) is 0 Å². The van der Waals surface area contributed by atoms with Crippen LogP contribution >= 0.6 is 15.9 Å². The number of phenols is 1. The SMILES string of the molecule is N[C@H](c1ccc(Br)c(F)c1O)C(F)F. The van der Waals surface area contributed by atoms with Gasteiger partial charge in [-0.05, 0) is 22.0 Å². The average molecular weight is 270 g/mol. The van der Waals surface area contributed by atoms with E-state index in [4.69, 9.17) is 5.73 Å². The molecule has 1 rings (SSSR count). The second-order valence-electron chi connectivity index (χ2n) is 2.66. The molecule has 0 saturated carbocycles. The lowest BCUT2D eigenvalue weighted by Gasteiger charge is -2.13. The summed E-state index contributed by atoms with van der Waals surface area (Å²) in [5, 5.41) is 9.18. The van der Waals surface area contributed by atoms with E-state index in [9.17, 15) is 18.3 Å². The normalized spacial score (nSPS) is 13.3. The quantitative estimate of drug-likeness (QED) is 0.867. The third-order valence-corrected chi connectivity index (χ3v) is 2.34. The second kappa shape index (κ2) is 4.18. The van der Waals surface area contributed by atoms with Crippen molar-refractivity contribution in [3.63, 3.8) is 0 Å². The number of benzene rings is 1. The molecule has 0 saturated heterocycles. The molecule has 1 aromatic rings. The van der Waals surface area contributed by atoms with Gasteiger partial charge < -0.3 is 10.8 Å². The van der Waals surface area contributed by atoms with Crippen LogP contribution in [-0.4, -0.2) is 11.5 Å². The standard InChI is InChI=1S/C8H7BrF3NO/c9-4-2-1-3(6(13)8(11)12)7(14)5(4)10/h1-2,6,8,14H,13H2/t6-/m1/s1. The van der Waals surface area contributed by atoms with E-state index in [2.05, 4.69) is 15.9 Å². The Bertz CT molecular complexity index is 346. The lowest BCUT2D eigenvalue weighted by Crippen LogP contribution is -2.19. The van der Waals surface area contributed by atoms with Gasteiger partial charge in [0.15, 0.2) is 11.6 Å². The van der Waals surface area contributed by atoms with Crippen molar-refractivity contribution in [1.82, 2.24) is 0 Å². The molecule has 0 radical (unpaired) electrons. The molecule has 78 valence electrons. The van der Waals surface area contributed by atoms with E-state index in [1.807, 2.05) is 0 Å². The number of phenolic OH excluding ortho intramolecular Hbond substituents is 1. The molecule has 0 heterocycles. The highest BCUT2D eigenvalue weighted by molar-refractivity contribution is 9.10. The molecule has 14 heavy (non-hydrogen) atoms. The maximum atomic E-state index is 13.0. The predicted octanol–water partition coefficient (Wildman–Crippen LogP) is 2.56. The maximum Gasteiger partial charge on any atom is 0.257 e. The fraction of sp³-hybridized carbons (Fsp3) is 0.250. The van der Waals surface area contributed by atoms with Gasteiger partial charge in [-0.25, -0.2) is 13.2 Å². The second-order valence-corrected chi connectivity index (χ2v) is 3.51. The first-order chi connectivity index (χ1) is 6.45. The van der Waals surface area contributed by atoms with Gasteiger partial charge in [0.05, 0.1) is 10.5 Å². The zero-order chi connectivity index (χ0) is 10.9. The molecule has 0 spiro atoms. The van der Waals surface area contributed by atoms with Gasteiger partial charge in [0.2, 0.25) is 0 Å². The van der Waals surface area contributed by atoms with Crippen LogP contribution in [0, 0.1) is 5.82 Å². The fourth-order valence-corrected chi connectivity index (χ4v) is 1.28. The van der Waals surface area contributed by atoms with E-state index in [-0.39, 0.29) is 10.0 Å². The van der Waals surface area contributed by atoms with E-state index in [1.165, 1.54) is 6.07 Å². The summed E-state index contributed by atoms with van der Waals surface area (Å²) in [6.45, 7) is 0. The van der Waals surface area contributed by atoms with E-state index < -0.39 is 24.0 Å². The molecule has 0 aliphatic heterocycles. The van der Waals surface area contributed by atoms with Crippen molar-refractivity contribution in [1.29, 1.82) is 0 Å². The third kappa shape index (κ3) is 2.01. The van der Waals surface area contributed by atoms with Gasteiger partial charge in [-0.2, -0.15) is 0 Å². The first-order valence-electron chi connectivity index (χ1n) is 3.65. The van der Waals surface area contributed by atoms with Crippen LogP contribution in [0.1, 0.15) is 11.6 Å². The molecule has 0 amide bonds. The fourth-order valence-electron chi connectivity index (χ4n) is 0.960. The summed E-state index contributed by atoms with van der Waals surface area (Å²) >= 11 is 2.80. The number of rotatable bonds is 2. The van der Waals surface area contributed by atoms with Crippen molar-refractivity contribution in [2.75, 3.05) is 0 Å². The zero-order valence-electron chi connectivity index (χ0n) is 6.85. The minimum Gasteiger partial charge on any atom is -0.505 e. The first-order valence-corrected chi connectivity index (χ1v) is 4.45. The van der Waals surface area contributed by atoms with Crippen LogP contribution in [0.25, 0.3) is 0 Å². The van der Waals surface area contributed by atoms with Crippen molar-refractivity contribution in [3.8, 4) is 5.75 Å². The van der Waals surface area contributed by atoms with Crippen molar-refractivity contribution in [2.24, 2.45) is 5.73 Å². The van der Waals surface area contributed by atoms with Gasteiger partial charge in [0, 0.05) is 5.56 Å². The Morgan fingerprint density at radius 1 is 1.36 bits per heavy atom. The van der Waals surface area contributed by atoms with Crippen LogP contribution in [0.15, 0.2) is 16.6 Å². The molecular formula is C8H7BrF3NO. The van der Waals surface area contributed by atoms with Gasteiger partial charge in [-0.1, -0.05) is 6.07 Å². The summed E-state index contributed by atoms with van der Waals surface area (Å²) in [7, 11) is 0. The maximum absolute atomic E-state index is 13.0. The van der Waals surface area contributed by atoms with E-state index >= 15 is 0 Å². The van der Waals surface area contributed by atoms with E-state index in [1.54, 1.807) is 0 Å². The summed E-state index contributed by atoms with van der Waals surface area (Å²) < 4.78 is 37.3. The summed E-state index contributed by atoms with van der Waals surface area (Å²) in [6, 6.07) is 0.684. The number of hydrogen-bond donors (Lipinski definition) is 2. The largest absolute Gasteiger partial charge is 0.505 e. The summed E-state index contributed by atoms with van der Waals surface area (Å²) in [4.78, 5) is 0. The van der Waals surface area contributed by atoms with Gasteiger partial charge in [0.1, 0.15) is 0 Å². The van der Waals surface area contributed by atoms with E-state index in [0.717, 1.165) is 6.07 Å². The summed E-state index contributed by atoms with van der Waals surface area (Å²) in [6.07, 6.45) is -2.85. The molecule has 0 aliphatic carbocycles. The highest BCUT2D eigenvalue weighted by Crippen LogP contribution is 2.32. The molecule has 6 heteroatoms. The highest BCUT2D eigenvalue weighted by atomic mass is 79.9. The first kappa shape index (κ1) is 11.3. The minimum absolute atomic E-state index is 0.000200. The molecular weight excluding hydrogens is 263 g/mol. The lowest BCUT2D eigenvalue weighted by molar-refractivity contribution is 0.115. The summed E-state index contributed by atoms with van der Waals surface area (Å²) in [5.74, 6) is -1.83. The Labute approximate surface area is 86.7 Å². The van der Waals surface area contributed by atoms with Crippen LogP contribution in [-0.2, 0) is 0 Å². The van der Waals surface area contributed by atoms with Crippen molar-refractivity contribution < 1.29 is 18.3 Å².